The number of nitrogens with zero attached hydrogens (tertiary/aromatic N) is 1. The summed E-state index contributed by atoms with van der Waals surface area (Å²) in [6.45, 7) is 0. The first-order valence-corrected chi connectivity index (χ1v) is 5.39. The highest BCUT2D eigenvalue weighted by molar-refractivity contribution is 5.66. The van der Waals surface area contributed by atoms with Gasteiger partial charge in [-0.3, -0.25) is 4.98 Å². The Balaban J connectivity index is 2.54. The second kappa shape index (κ2) is 4.79. The average Bonchev–Trinajstić information content (AvgIpc) is 2.38. The van der Waals surface area contributed by atoms with E-state index in [1.807, 2.05) is 0 Å². The van der Waals surface area contributed by atoms with Crippen molar-refractivity contribution in [1.82, 2.24) is 4.98 Å². The van der Waals surface area contributed by atoms with Crippen molar-refractivity contribution in [3.63, 3.8) is 0 Å². The highest BCUT2D eigenvalue weighted by atomic mass is 19.4. The van der Waals surface area contributed by atoms with Gasteiger partial charge < -0.3 is 10.5 Å². The van der Waals surface area contributed by atoms with Crippen LogP contribution in [0, 0.1) is 0 Å². The van der Waals surface area contributed by atoms with Crippen molar-refractivity contribution in [1.29, 1.82) is 0 Å². The number of nitrogen functional groups attached to an aromatic ring is 1. The van der Waals surface area contributed by atoms with Crippen molar-refractivity contribution in [2.45, 2.75) is 6.18 Å². The number of hydrogen-bond donors (Lipinski definition) is 1. The fourth-order valence-corrected chi connectivity index (χ4v) is 1.68. The number of nitrogens with two attached hydrogens (primary N) is 1. The summed E-state index contributed by atoms with van der Waals surface area (Å²) in [6, 6.07) is 7.08. The van der Waals surface area contributed by atoms with Crippen molar-refractivity contribution in [2.75, 3.05) is 12.8 Å². The van der Waals surface area contributed by atoms with Gasteiger partial charge in [0, 0.05) is 5.56 Å². The van der Waals surface area contributed by atoms with Crippen molar-refractivity contribution >= 4 is 5.69 Å². The minimum Gasteiger partial charge on any atom is -0.497 e. The summed E-state index contributed by atoms with van der Waals surface area (Å²) in [4.78, 5) is 3.78. The molecule has 100 valence electrons. The van der Waals surface area contributed by atoms with Gasteiger partial charge >= 0.3 is 6.18 Å². The lowest BCUT2D eigenvalue weighted by Gasteiger charge is -2.13. The maximum atomic E-state index is 12.9. The molecule has 3 nitrogen and oxygen atoms in total. The molecule has 0 radical (unpaired) electrons. The Kier molecular flexibility index (Phi) is 3.33. The first-order valence-electron chi connectivity index (χ1n) is 5.39. The summed E-state index contributed by atoms with van der Waals surface area (Å²) in [7, 11) is 1.48. The second-order valence-corrected chi connectivity index (χ2v) is 3.89. The minimum absolute atomic E-state index is 0.0235. The van der Waals surface area contributed by atoms with Crippen LogP contribution in [0.25, 0.3) is 11.3 Å². The molecule has 1 heterocycles. The number of benzene rings is 1. The van der Waals surface area contributed by atoms with E-state index in [9.17, 15) is 13.2 Å². The van der Waals surface area contributed by atoms with Crippen molar-refractivity contribution in [3.8, 4) is 17.0 Å². The van der Waals surface area contributed by atoms with Crippen molar-refractivity contribution < 1.29 is 17.9 Å². The van der Waals surface area contributed by atoms with Crippen LogP contribution in [0.15, 0.2) is 36.5 Å². The number of alkyl halides is 3. The van der Waals surface area contributed by atoms with E-state index >= 15 is 0 Å². The molecule has 0 fully saturated rings. The molecule has 0 saturated carbocycles. The number of pyridine rings is 1. The maximum absolute atomic E-state index is 12.9. The quantitative estimate of drug-likeness (QED) is 0.908. The number of anilines is 1. The van der Waals surface area contributed by atoms with Crippen molar-refractivity contribution in [2.24, 2.45) is 0 Å². The Morgan fingerprint density at radius 3 is 2.32 bits per heavy atom. The molecule has 2 N–H and O–H groups in total. The number of halogens is 3. The van der Waals surface area contributed by atoms with E-state index in [1.165, 1.54) is 25.4 Å². The summed E-state index contributed by atoms with van der Waals surface area (Å²) < 4.78 is 43.8. The zero-order valence-electron chi connectivity index (χ0n) is 10.0. The van der Waals surface area contributed by atoms with E-state index in [4.69, 9.17) is 10.5 Å². The molecule has 0 atom stereocenters. The van der Waals surface area contributed by atoms with Crippen LogP contribution in [0.3, 0.4) is 0 Å². The van der Waals surface area contributed by atoms with Crippen LogP contribution < -0.4 is 10.5 Å². The summed E-state index contributed by atoms with van der Waals surface area (Å²) in [5.74, 6) is 0.563. The summed E-state index contributed by atoms with van der Waals surface area (Å²) in [5, 5.41) is 0. The van der Waals surface area contributed by atoms with E-state index in [0.29, 0.717) is 11.3 Å². The SMILES string of the molecule is COc1ccc(-c2ncc(N)cc2C(F)(F)F)cc1. The van der Waals surface area contributed by atoms with E-state index in [0.717, 1.165) is 6.07 Å². The molecule has 0 aliphatic carbocycles. The smallest absolute Gasteiger partial charge is 0.418 e. The first kappa shape index (κ1) is 13.2. The Morgan fingerprint density at radius 2 is 1.79 bits per heavy atom. The fourth-order valence-electron chi connectivity index (χ4n) is 1.68. The van der Waals surface area contributed by atoms with Gasteiger partial charge in [-0.25, -0.2) is 0 Å². The van der Waals surface area contributed by atoms with Gasteiger partial charge in [-0.15, -0.1) is 0 Å². The summed E-state index contributed by atoms with van der Waals surface area (Å²) in [6.07, 6.45) is -3.30. The molecule has 0 saturated heterocycles. The molecule has 0 unspecified atom stereocenters. The molecule has 0 amide bonds. The van der Waals surface area contributed by atoms with Gasteiger partial charge in [-0.1, -0.05) is 0 Å². The molecule has 0 aliphatic heterocycles. The van der Waals surface area contributed by atoms with Crippen LogP contribution in [0.4, 0.5) is 18.9 Å². The van der Waals surface area contributed by atoms with Gasteiger partial charge in [-0.05, 0) is 30.3 Å². The Hall–Kier alpha value is -2.24. The Morgan fingerprint density at radius 1 is 1.16 bits per heavy atom. The van der Waals surface area contributed by atoms with E-state index in [2.05, 4.69) is 4.98 Å². The normalized spacial score (nSPS) is 11.4. The molecule has 19 heavy (non-hydrogen) atoms. The number of methoxy groups -OCH3 is 1. The maximum Gasteiger partial charge on any atom is 0.418 e. The largest absolute Gasteiger partial charge is 0.497 e. The second-order valence-electron chi connectivity index (χ2n) is 3.89. The molecular formula is C13H11F3N2O. The standard InChI is InChI=1S/C13H11F3N2O/c1-19-10-4-2-8(3-5-10)12-11(13(14,15)16)6-9(17)7-18-12/h2-7H,17H2,1H3. The Bertz CT molecular complexity index is 579. The molecule has 0 spiro atoms. The van der Waals surface area contributed by atoms with E-state index in [-0.39, 0.29) is 11.4 Å². The molecule has 0 bridgehead atoms. The lowest BCUT2D eigenvalue weighted by molar-refractivity contribution is -0.137. The van der Waals surface area contributed by atoms with Crippen LogP contribution in [0.5, 0.6) is 5.75 Å². The minimum atomic E-state index is -4.50. The van der Waals surface area contributed by atoms with Gasteiger partial charge in [0.15, 0.2) is 0 Å². The fraction of sp³-hybridized carbons (Fsp3) is 0.154. The van der Waals surface area contributed by atoms with Crippen LogP contribution >= 0.6 is 0 Å². The lowest BCUT2D eigenvalue weighted by Crippen LogP contribution is -2.09. The van der Waals surface area contributed by atoms with Gasteiger partial charge in [-0.2, -0.15) is 13.2 Å². The third kappa shape index (κ3) is 2.78. The molecule has 6 heteroatoms. The monoisotopic (exact) mass is 268 g/mol. The Labute approximate surface area is 107 Å². The van der Waals surface area contributed by atoms with Crippen molar-refractivity contribution in [3.05, 3.63) is 42.1 Å². The average molecular weight is 268 g/mol. The van der Waals surface area contributed by atoms with E-state index in [1.54, 1.807) is 12.1 Å². The van der Waals surface area contributed by atoms with Crippen LogP contribution in [-0.2, 0) is 6.18 Å². The van der Waals surface area contributed by atoms with Crippen LogP contribution in [0.2, 0.25) is 0 Å². The molecule has 2 aromatic rings. The first-order chi connectivity index (χ1) is 8.91. The zero-order chi connectivity index (χ0) is 14.0. The number of rotatable bonds is 2. The third-order valence-electron chi connectivity index (χ3n) is 2.58. The number of hydrogen-bond acceptors (Lipinski definition) is 3. The van der Waals surface area contributed by atoms with Crippen LogP contribution in [0.1, 0.15) is 5.56 Å². The zero-order valence-corrected chi connectivity index (χ0v) is 10.0. The number of ether oxygens (including phenoxy) is 1. The highest BCUT2D eigenvalue weighted by Crippen LogP contribution is 2.37. The van der Waals surface area contributed by atoms with Gasteiger partial charge in [0.05, 0.1) is 30.3 Å². The lowest BCUT2D eigenvalue weighted by atomic mass is 10.0. The predicted molar refractivity (Wildman–Crippen MR) is 65.6 cm³/mol. The number of aromatic nitrogens is 1. The summed E-state index contributed by atoms with van der Waals surface area (Å²) in [5.41, 5.74) is 4.70. The molecule has 2 rings (SSSR count). The van der Waals surface area contributed by atoms with Gasteiger partial charge in [0.25, 0.3) is 0 Å². The van der Waals surface area contributed by atoms with Crippen LogP contribution in [-0.4, -0.2) is 12.1 Å². The predicted octanol–water partition coefficient (Wildman–Crippen LogP) is 3.36. The van der Waals surface area contributed by atoms with Gasteiger partial charge in [0.1, 0.15) is 5.75 Å². The molecule has 1 aromatic heterocycles. The third-order valence-corrected chi connectivity index (χ3v) is 2.58. The molecular weight excluding hydrogens is 257 g/mol. The van der Waals surface area contributed by atoms with Gasteiger partial charge in [0.2, 0.25) is 0 Å². The molecule has 1 aromatic carbocycles. The molecule has 0 aliphatic rings. The highest BCUT2D eigenvalue weighted by Gasteiger charge is 2.34. The van der Waals surface area contributed by atoms with E-state index < -0.39 is 11.7 Å². The topological polar surface area (TPSA) is 48.1 Å². The summed E-state index contributed by atoms with van der Waals surface area (Å²) >= 11 is 0.